The zero-order chi connectivity index (χ0) is 22.9. The van der Waals surface area contributed by atoms with Crippen molar-refractivity contribution in [2.75, 3.05) is 0 Å². The van der Waals surface area contributed by atoms with E-state index in [1.54, 1.807) is 32.5 Å². The molecule has 8 heteroatoms. The molecule has 0 bridgehead atoms. The number of hydrogen-bond donors (Lipinski definition) is 0. The molecule has 4 aromatic rings. The topological polar surface area (TPSA) is 40.6 Å². The van der Waals surface area contributed by atoms with Crippen molar-refractivity contribution in [3.8, 4) is 0 Å². The van der Waals surface area contributed by atoms with Crippen LogP contribution in [0.2, 0.25) is 0 Å². The quantitative estimate of drug-likeness (QED) is 0.209. The van der Waals surface area contributed by atoms with Gasteiger partial charge in [-0.3, -0.25) is 19.4 Å². The first kappa shape index (κ1) is 19.5. The van der Waals surface area contributed by atoms with Gasteiger partial charge in [-0.05, 0) is 36.4 Å². The number of fused-ring (bicyclic) bond motifs is 11. The van der Waals surface area contributed by atoms with E-state index in [9.17, 15) is 9.59 Å². The Kier molecular flexibility index (Phi) is 3.71. The van der Waals surface area contributed by atoms with Gasteiger partial charge in [0.25, 0.3) is 11.8 Å². The first-order valence-corrected chi connectivity index (χ1v) is 13.7. The van der Waals surface area contributed by atoms with Crippen LogP contribution in [0.25, 0.3) is 43.7 Å². The van der Waals surface area contributed by atoms with Gasteiger partial charge in [0.15, 0.2) is 0 Å². The number of rotatable bonds is 0. The number of amides is 2. The molecule has 4 aliphatic heterocycles. The molecule has 0 radical (unpaired) electrons. The van der Waals surface area contributed by atoms with E-state index in [1.807, 2.05) is 36.7 Å². The number of thiophene rings is 2. The summed E-state index contributed by atoms with van der Waals surface area (Å²) in [6.45, 7) is 0. The van der Waals surface area contributed by atoms with Gasteiger partial charge in [0.05, 0.1) is 32.3 Å². The summed E-state index contributed by atoms with van der Waals surface area (Å²) >= 11 is 10.4. The van der Waals surface area contributed by atoms with Crippen LogP contribution in [-0.2, 0) is 9.59 Å². The maximum atomic E-state index is 13.7. The molecule has 0 atom stereocenters. The molecule has 2 amide bonds. The van der Waals surface area contributed by atoms with Crippen LogP contribution in [0.4, 0.5) is 0 Å². The predicted octanol–water partition coefficient (Wildman–Crippen LogP) is 7.42. The summed E-state index contributed by atoms with van der Waals surface area (Å²) < 4.78 is 4.25. The van der Waals surface area contributed by atoms with Gasteiger partial charge >= 0.3 is 0 Å². The maximum absolute atomic E-state index is 13.7. The summed E-state index contributed by atoms with van der Waals surface area (Å²) in [7, 11) is 0. The fraction of sp³-hybridized carbons (Fsp3) is 0. The highest BCUT2D eigenvalue weighted by molar-refractivity contribution is 9.10. The third-order valence-corrected chi connectivity index (χ3v) is 10.00. The smallest absolute Gasteiger partial charge is 0.265 e. The highest BCUT2D eigenvalue weighted by Crippen LogP contribution is 2.54. The first-order valence-electron chi connectivity index (χ1n) is 10.5. The number of carbonyl (C=O) groups excluding carboxylic acids is 2. The van der Waals surface area contributed by atoms with E-state index in [2.05, 4.69) is 56.1 Å². The van der Waals surface area contributed by atoms with Gasteiger partial charge in [0.2, 0.25) is 0 Å². The van der Waals surface area contributed by atoms with Gasteiger partial charge in [-0.2, -0.15) is 0 Å². The summed E-state index contributed by atoms with van der Waals surface area (Å²) in [5, 5.41) is 2.25. The van der Waals surface area contributed by atoms with E-state index in [0.717, 1.165) is 50.0 Å². The molecule has 34 heavy (non-hydrogen) atoms. The number of hydrogen-bond acceptors (Lipinski definition) is 4. The van der Waals surface area contributed by atoms with E-state index < -0.39 is 0 Å². The SMILES string of the molecule is O=C1C2=C3c4sc5cc(Br)ccc5c4C=CN3C(=O)C2=C2c3sc4cc(Br)ccc4c3C=CN12. The first-order chi connectivity index (χ1) is 16.5. The molecule has 0 saturated carbocycles. The molecule has 8 rings (SSSR count). The van der Waals surface area contributed by atoms with E-state index in [-0.39, 0.29) is 11.8 Å². The molecular weight excluding hydrogens is 596 g/mol. The molecule has 6 heterocycles. The highest BCUT2D eigenvalue weighted by atomic mass is 79.9. The second-order valence-corrected chi connectivity index (χ2v) is 12.3. The molecule has 0 aliphatic carbocycles. The van der Waals surface area contributed by atoms with Crippen molar-refractivity contribution in [2.45, 2.75) is 0 Å². The number of benzene rings is 2. The van der Waals surface area contributed by atoms with Gasteiger partial charge in [-0.15, -0.1) is 22.7 Å². The van der Waals surface area contributed by atoms with Crippen LogP contribution in [-0.4, -0.2) is 21.6 Å². The van der Waals surface area contributed by atoms with E-state index in [0.29, 0.717) is 22.5 Å². The predicted molar refractivity (Wildman–Crippen MR) is 145 cm³/mol. The Morgan fingerprint density at radius 3 is 1.53 bits per heavy atom. The lowest BCUT2D eigenvalue weighted by Gasteiger charge is -2.24. The van der Waals surface area contributed by atoms with Gasteiger partial charge in [-0.1, -0.05) is 44.0 Å². The van der Waals surface area contributed by atoms with Crippen molar-refractivity contribution in [3.05, 3.63) is 89.8 Å². The van der Waals surface area contributed by atoms with Crippen LogP contribution < -0.4 is 0 Å². The Bertz CT molecular complexity index is 1700. The van der Waals surface area contributed by atoms with Crippen molar-refractivity contribution in [2.24, 2.45) is 0 Å². The summed E-state index contributed by atoms with van der Waals surface area (Å²) in [6.07, 6.45) is 7.60. The van der Waals surface area contributed by atoms with Crippen molar-refractivity contribution in [1.29, 1.82) is 0 Å². The summed E-state index contributed by atoms with van der Waals surface area (Å²) in [5.41, 5.74) is 4.55. The van der Waals surface area contributed by atoms with Gasteiger partial charge in [0.1, 0.15) is 0 Å². The lowest BCUT2D eigenvalue weighted by molar-refractivity contribution is -0.122. The summed E-state index contributed by atoms with van der Waals surface area (Å²) in [5.74, 6) is -0.285. The molecule has 0 unspecified atom stereocenters. The van der Waals surface area contributed by atoms with Crippen molar-refractivity contribution in [3.63, 3.8) is 0 Å². The second kappa shape index (κ2) is 6.46. The minimum Gasteiger partial charge on any atom is -0.281 e. The van der Waals surface area contributed by atoms with Crippen LogP contribution in [0, 0.1) is 0 Å². The molecule has 2 aromatic carbocycles. The Balaban J connectivity index is 1.44. The standard InChI is InChI=1S/C26H10Br2N2O2S2/c27-11-1-3-13-15-5-7-29-21(23(15)33-17(13)9-11)19-20(26(29)32)22-24-16(6-8-30(22)25(19)31)14-4-2-12(28)10-18(14)34-24/h1-10H. The molecule has 0 spiro atoms. The van der Waals surface area contributed by atoms with Crippen LogP contribution >= 0.6 is 54.5 Å². The van der Waals surface area contributed by atoms with Crippen LogP contribution in [0.15, 0.2) is 68.9 Å². The van der Waals surface area contributed by atoms with Crippen LogP contribution in [0.5, 0.6) is 0 Å². The van der Waals surface area contributed by atoms with Gasteiger partial charge < -0.3 is 0 Å². The lowest BCUT2D eigenvalue weighted by Crippen LogP contribution is -2.25. The average molecular weight is 606 g/mol. The Morgan fingerprint density at radius 1 is 0.647 bits per heavy atom. The molecule has 2 aromatic heterocycles. The molecule has 162 valence electrons. The Hall–Kier alpha value is -2.78. The summed E-state index contributed by atoms with van der Waals surface area (Å²) in [6, 6.07) is 12.4. The normalized spacial score (nSPS) is 17.8. The van der Waals surface area contributed by atoms with E-state index in [4.69, 9.17) is 0 Å². The molecule has 0 saturated heterocycles. The Morgan fingerprint density at radius 2 is 1.09 bits per heavy atom. The van der Waals surface area contributed by atoms with E-state index in [1.165, 1.54) is 0 Å². The highest BCUT2D eigenvalue weighted by Gasteiger charge is 2.50. The largest absolute Gasteiger partial charge is 0.281 e. The van der Waals surface area contributed by atoms with Gasteiger partial charge in [-0.25, -0.2) is 0 Å². The average Bonchev–Trinajstić information content (AvgIpc) is 3.52. The molecule has 4 aliphatic rings. The maximum Gasteiger partial charge on any atom is 0.265 e. The third-order valence-electron chi connectivity index (χ3n) is 6.66. The molecule has 0 fully saturated rings. The van der Waals surface area contributed by atoms with Crippen molar-refractivity contribution >= 4 is 110 Å². The summed E-state index contributed by atoms with van der Waals surface area (Å²) in [4.78, 5) is 32.7. The van der Waals surface area contributed by atoms with Crippen molar-refractivity contribution in [1.82, 2.24) is 9.80 Å². The number of nitrogens with zero attached hydrogens (tertiary/aromatic N) is 2. The molecule has 4 nitrogen and oxygen atoms in total. The Labute approximate surface area is 218 Å². The molecule has 0 N–H and O–H groups in total. The number of carbonyl (C=O) groups is 2. The number of halogens is 2. The monoisotopic (exact) mass is 604 g/mol. The molecular formula is C26H10Br2N2O2S2. The lowest BCUT2D eigenvalue weighted by atomic mass is 10.0. The fourth-order valence-corrected chi connectivity index (χ4v) is 8.81. The van der Waals surface area contributed by atoms with E-state index >= 15 is 0 Å². The second-order valence-electron chi connectivity index (χ2n) is 8.40. The minimum absolute atomic E-state index is 0.142. The minimum atomic E-state index is -0.142. The van der Waals surface area contributed by atoms with Gasteiger partial charge in [0, 0.05) is 52.6 Å². The van der Waals surface area contributed by atoms with Crippen molar-refractivity contribution < 1.29 is 9.59 Å². The fourth-order valence-electron chi connectivity index (χ4n) is 5.23. The third kappa shape index (κ3) is 2.27. The zero-order valence-electron chi connectivity index (χ0n) is 17.1. The van der Waals surface area contributed by atoms with Crippen LogP contribution in [0.1, 0.15) is 20.9 Å². The zero-order valence-corrected chi connectivity index (χ0v) is 21.9. The van der Waals surface area contributed by atoms with Crippen LogP contribution in [0.3, 0.4) is 0 Å².